The molecule has 0 unspecified atom stereocenters. The van der Waals surface area contributed by atoms with Gasteiger partial charge in [-0.3, -0.25) is 4.79 Å². The van der Waals surface area contributed by atoms with E-state index in [1.165, 1.54) is 12.8 Å². The first-order valence-electron chi connectivity index (χ1n) is 9.04. The van der Waals surface area contributed by atoms with E-state index >= 15 is 0 Å². The quantitative estimate of drug-likeness (QED) is 0.868. The van der Waals surface area contributed by atoms with Gasteiger partial charge >= 0.3 is 0 Å². The number of piperidine rings is 1. The van der Waals surface area contributed by atoms with Gasteiger partial charge in [0.05, 0.1) is 5.69 Å². The molecule has 0 N–H and O–H groups in total. The third kappa shape index (κ3) is 2.97. The second kappa shape index (κ2) is 6.42. The number of fused-ring (bicyclic) bond motifs is 1. The lowest BCUT2D eigenvalue weighted by atomic mass is 9.93. The number of rotatable bonds is 3. The smallest absolute Gasteiger partial charge is 0.222 e. The summed E-state index contributed by atoms with van der Waals surface area (Å²) < 4.78 is 1.90. The first kappa shape index (κ1) is 15.4. The minimum atomic E-state index is 0.359. The predicted octanol–water partition coefficient (Wildman–Crippen LogP) is 2.27. The molecule has 2 aromatic heterocycles. The summed E-state index contributed by atoms with van der Waals surface area (Å²) in [6, 6.07) is 2.09. The lowest BCUT2D eigenvalue weighted by molar-refractivity contribution is -0.131. The maximum atomic E-state index is 12.3. The van der Waals surface area contributed by atoms with E-state index in [0.717, 1.165) is 62.5 Å². The summed E-state index contributed by atoms with van der Waals surface area (Å²) in [5.41, 5.74) is 2.08. The Labute approximate surface area is 142 Å². The summed E-state index contributed by atoms with van der Waals surface area (Å²) in [5.74, 6) is 1.89. The number of hydrogen-bond acceptors (Lipinski definition) is 4. The van der Waals surface area contributed by atoms with Crippen LogP contribution in [-0.2, 0) is 4.79 Å². The Morgan fingerprint density at radius 2 is 1.96 bits per heavy atom. The number of aromatic nitrogens is 3. The van der Waals surface area contributed by atoms with Crippen LogP contribution >= 0.6 is 0 Å². The zero-order valence-corrected chi connectivity index (χ0v) is 14.3. The molecule has 0 saturated carbocycles. The Hall–Kier alpha value is -2.11. The van der Waals surface area contributed by atoms with Gasteiger partial charge in [-0.2, -0.15) is 5.10 Å². The number of nitrogens with zero attached hydrogens (tertiary/aromatic N) is 5. The minimum Gasteiger partial charge on any atom is -0.355 e. The van der Waals surface area contributed by atoms with Gasteiger partial charge < -0.3 is 9.80 Å². The van der Waals surface area contributed by atoms with Gasteiger partial charge in [0, 0.05) is 45.0 Å². The van der Waals surface area contributed by atoms with Crippen LogP contribution in [0, 0.1) is 12.8 Å². The van der Waals surface area contributed by atoms with Crippen molar-refractivity contribution < 1.29 is 4.79 Å². The van der Waals surface area contributed by atoms with E-state index in [9.17, 15) is 4.79 Å². The van der Waals surface area contributed by atoms with Crippen LogP contribution in [0.25, 0.3) is 5.52 Å². The van der Waals surface area contributed by atoms with E-state index in [2.05, 4.69) is 21.0 Å². The van der Waals surface area contributed by atoms with Crippen molar-refractivity contribution in [1.82, 2.24) is 19.5 Å². The van der Waals surface area contributed by atoms with Gasteiger partial charge in [-0.05, 0) is 44.6 Å². The maximum Gasteiger partial charge on any atom is 0.222 e. The van der Waals surface area contributed by atoms with E-state index in [4.69, 9.17) is 0 Å². The zero-order valence-electron chi connectivity index (χ0n) is 14.3. The fraction of sp³-hybridized carbons (Fsp3) is 0.611. The second-order valence-corrected chi connectivity index (χ2v) is 7.09. The lowest BCUT2D eigenvalue weighted by Crippen LogP contribution is -2.37. The van der Waals surface area contributed by atoms with Gasteiger partial charge in [-0.1, -0.05) is 0 Å². The Bertz CT molecular complexity index is 726. The Morgan fingerprint density at radius 3 is 2.71 bits per heavy atom. The van der Waals surface area contributed by atoms with Gasteiger partial charge in [0.2, 0.25) is 5.91 Å². The third-order valence-electron chi connectivity index (χ3n) is 5.33. The van der Waals surface area contributed by atoms with Crippen LogP contribution in [0.15, 0.2) is 18.5 Å². The average molecular weight is 327 g/mol. The summed E-state index contributed by atoms with van der Waals surface area (Å²) >= 11 is 0. The molecule has 6 heteroatoms. The van der Waals surface area contributed by atoms with E-state index in [1.54, 1.807) is 0 Å². The van der Waals surface area contributed by atoms with Crippen LogP contribution in [0.2, 0.25) is 0 Å². The summed E-state index contributed by atoms with van der Waals surface area (Å²) in [6.45, 7) is 5.87. The van der Waals surface area contributed by atoms with Crippen LogP contribution in [0.4, 0.5) is 5.82 Å². The van der Waals surface area contributed by atoms with Gasteiger partial charge in [-0.25, -0.2) is 9.50 Å². The normalized spacial score (nSPS) is 19.4. The predicted molar refractivity (Wildman–Crippen MR) is 93.1 cm³/mol. The molecule has 0 atom stereocenters. The van der Waals surface area contributed by atoms with Crippen LogP contribution in [0.1, 0.15) is 37.8 Å². The molecule has 4 rings (SSSR count). The molecule has 0 spiro atoms. The molecular formula is C18H25N5O. The van der Waals surface area contributed by atoms with Gasteiger partial charge in [0.1, 0.15) is 5.52 Å². The second-order valence-electron chi connectivity index (χ2n) is 7.09. The molecule has 2 aliphatic heterocycles. The molecule has 6 nitrogen and oxygen atoms in total. The summed E-state index contributed by atoms with van der Waals surface area (Å²) in [5, 5.41) is 4.47. The monoisotopic (exact) mass is 327 g/mol. The summed E-state index contributed by atoms with van der Waals surface area (Å²) in [6.07, 6.45) is 8.91. The number of aryl methyl sites for hydroxylation is 1. The molecule has 0 aromatic carbocycles. The lowest BCUT2D eigenvalue weighted by Gasteiger charge is -2.33. The molecule has 0 aliphatic carbocycles. The topological polar surface area (TPSA) is 53.7 Å². The average Bonchev–Trinajstić information content (AvgIpc) is 3.23. The van der Waals surface area contributed by atoms with Crippen molar-refractivity contribution in [1.29, 1.82) is 0 Å². The highest BCUT2D eigenvalue weighted by atomic mass is 16.2. The summed E-state index contributed by atoms with van der Waals surface area (Å²) in [7, 11) is 0. The molecule has 0 bridgehead atoms. The molecular weight excluding hydrogens is 302 g/mol. The highest BCUT2D eigenvalue weighted by Crippen LogP contribution is 2.27. The first-order chi connectivity index (χ1) is 11.7. The maximum absolute atomic E-state index is 12.3. The Balaban J connectivity index is 1.39. The molecule has 1 amide bonds. The summed E-state index contributed by atoms with van der Waals surface area (Å²) in [4.78, 5) is 21.3. The van der Waals surface area contributed by atoms with Crippen molar-refractivity contribution >= 4 is 17.2 Å². The highest BCUT2D eigenvalue weighted by molar-refractivity contribution is 5.76. The number of likely N-dealkylation sites (tertiary alicyclic amines) is 1. The zero-order chi connectivity index (χ0) is 16.5. The largest absolute Gasteiger partial charge is 0.355 e. The van der Waals surface area contributed by atoms with Gasteiger partial charge in [-0.15, -0.1) is 0 Å². The SMILES string of the molecule is Cc1cc2c(N3CCC(CC(=O)N4CCCC4)CC3)nccn2n1. The molecule has 2 fully saturated rings. The van der Waals surface area contributed by atoms with Crippen LogP contribution in [0.5, 0.6) is 0 Å². The van der Waals surface area contributed by atoms with Gasteiger partial charge in [0.25, 0.3) is 0 Å². The van der Waals surface area contributed by atoms with E-state index in [-0.39, 0.29) is 0 Å². The van der Waals surface area contributed by atoms with Crippen molar-refractivity contribution in [2.75, 3.05) is 31.1 Å². The van der Waals surface area contributed by atoms with Crippen molar-refractivity contribution in [2.45, 2.75) is 39.0 Å². The minimum absolute atomic E-state index is 0.359. The molecule has 2 saturated heterocycles. The van der Waals surface area contributed by atoms with E-state index < -0.39 is 0 Å². The number of hydrogen-bond donors (Lipinski definition) is 0. The van der Waals surface area contributed by atoms with E-state index in [0.29, 0.717) is 11.8 Å². The fourth-order valence-electron chi connectivity index (χ4n) is 3.97. The van der Waals surface area contributed by atoms with E-state index in [1.807, 2.05) is 28.7 Å². The third-order valence-corrected chi connectivity index (χ3v) is 5.33. The van der Waals surface area contributed by atoms with Crippen molar-refractivity contribution in [3.05, 3.63) is 24.2 Å². The molecule has 128 valence electrons. The van der Waals surface area contributed by atoms with Crippen LogP contribution in [0.3, 0.4) is 0 Å². The number of carbonyl (C=O) groups is 1. The van der Waals surface area contributed by atoms with Crippen LogP contribution < -0.4 is 4.90 Å². The van der Waals surface area contributed by atoms with Crippen molar-refractivity contribution in [3.63, 3.8) is 0 Å². The van der Waals surface area contributed by atoms with Crippen molar-refractivity contribution in [2.24, 2.45) is 5.92 Å². The molecule has 4 heterocycles. The standard InChI is InChI=1S/C18H25N5O/c1-14-12-16-18(19-6-11-23(16)20-14)22-9-4-15(5-10-22)13-17(24)21-7-2-3-8-21/h6,11-12,15H,2-5,7-10,13H2,1H3. The van der Waals surface area contributed by atoms with Crippen LogP contribution in [-0.4, -0.2) is 51.6 Å². The highest BCUT2D eigenvalue weighted by Gasteiger charge is 2.26. The number of carbonyl (C=O) groups excluding carboxylic acids is 1. The first-order valence-corrected chi connectivity index (χ1v) is 9.04. The number of amides is 1. The Morgan fingerprint density at radius 1 is 1.21 bits per heavy atom. The fourth-order valence-corrected chi connectivity index (χ4v) is 3.97. The number of anilines is 1. The molecule has 24 heavy (non-hydrogen) atoms. The molecule has 2 aromatic rings. The molecule has 0 radical (unpaired) electrons. The van der Waals surface area contributed by atoms with Crippen molar-refractivity contribution in [3.8, 4) is 0 Å². The van der Waals surface area contributed by atoms with Gasteiger partial charge in [0.15, 0.2) is 5.82 Å². The molecule has 2 aliphatic rings. The Kier molecular flexibility index (Phi) is 4.12.